The Morgan fingerprint density at radius 1 is 1.17 bits per heavy atom. The number of aryl methyl sites for hydroxylation is 1. The maximum atomic E-state index is 13.7. The molecule has 2 aromatic heterocycles. The topological polar surface area (TPSA) is 59.4 Å². The molecule has 1 aliphatic heterocycles. The molecule has 0 spiro atoms. The van der Waals surface area contributed by atoms with E-state index in [0.29, 0.717) is 17.0 Å². The molecule has 1 aromatic carbocycles. The average molecular weight is 419 g/mol. The lowest BCUT2D eigenvalue weighted by atomic mass is 10.1. The molecule has 0 unspecified atom stereocenters. The number of fused-ring (bicyclic) bond motifs is 1. The van der Waals surface area contributed by atoms with Crippen molar-refractivity contribution in [3.8, 4) is 5.75 Å². The van der Waals surface area contributed by atoms with E-state index in [2.05, 4.69) is 10.3 Å². The second-order valence-electron chi connectivity index (χ2n) is 7.04. The number of ether oxygens (including phenoxy) is 1. The molecular weight excluding hydrogens is 395 g/mol. The molecule has 1 fully saturated rings. The van der Waals surface area contributed by atoms with Crippen LogP contribution in [0.5, 0.6) is 5.75 Å². The van der Waals surface area contributed by atoms with Crippen LogP contribution in [0, 0.1) is 5.82 Å². The van der Waals surface area contributed by atoms with Gasteiger partial charge in [0.05, 0.1) is 23.9 Å². The molecule has 1 saturated heterocycles. The van der Waals surface area contributed by atoms with Crippen molar-refractivity contribution < 1.29 is 13.9 Å². The van der Waals surface area contributed by atoms with Crippen LogP contribution in [0.4, 0.5) is 15.9 Å². The number of methoxy groups -OCH3 is 1. The van der Waals surface area contributed by atoms with Crippen LogP contribution in [0.2, 0.25) is 0 Å². The molecule has 29 heavy (non-hydrogen) atoms. The number of halogens is 2. The van der Waals surface area contributed by atoms with Crippen LogP contribution in [0.15, 0.2) is 36.7 Å². The van der Waals surface area contributed by atoms with Crippen molar-refractivity contribution in [2.45, 2.75) is 19.3 Å². The van der Waals surface area contributed by atoms with E-state index < -0.39 is 0 Å². The van der Waals surface area contributed by atoms with Crippen molar-refractivity contribution in [3.63, 3.8) is 0 Å². The number of nitrogens with zero attached hydrogens (tertiary/aromatic N) is 3. The standard InChI is InChI=1S/C21H23FN4O2.ClH/c1-25-19(24-17-11-15(22)6-7-18(17)28-2)10-14-12-23-13-16(20(14)25)21(27)26-8-4-3-5-9-26;/h6-7,10-13,24H,3-5,8-9H2,1-2H3;1H. The Morgan fingerprint density at radius 3 is 2.66 bits per heavy atom. The van der Waals surface area contributed by atoms with Gasteiger partial charge in [-0.3, -0.25) is 9.78 Å². The highest BCUT2D eigenvalue weighted by Crippen LogP contribution is 2.32. The number of amides is 1. The Kier molecular flexibility index (Phi) is 6.27. The van der Waals surface area contributed by atoms with Crippen molar-refractivity contribution in [1.29, 1.82) is 0 Å². The lowest BCUT2D eigenvalue weighted by molar-refractivity contribution is 0.0725. The minimum absolute atomic E-state index is 0. The maximum absolute atomic E-state index is 13.7. The maximum Gasteiger partial charge on any atom is 0.257 e. The summed E-state index contributed by atoms with van der Waals surface area (Å²) >= 11 is 0. The summed E-state index contributed by atoms with van der Waals surface area (Å²) in [5.74, 6) is 0.910. The number of carbonyl (C=O) groups is 1. The predicted molar refractivity (Wildman–Crippen MR) is 114 cm³/mol. The molecule has 3 aromatic rings. The first-order valence-corrected chi connectivity index (χ1v) is 9.42. The third-order valence-electron chi connectivity index (χ3n) is 5.23. The molecule has 0 saturated carbocycles. The van der Waals surface area contributed by atoms with E-state index in [1.165, 1.54) is 18.6 Å². The normalized spacial score (nSPS) is 13.8. The molecular formula is C21H24ClFN4O2. The monoisotopic (exact) mass is 418 g/mol. The van der Waals surface area contributed by atoms with Crippen molar-refractivity contribution in [2.75, 3.05) is 25.5 Å². The largest absolute Gasteiger partial charge is 0.495 e. The number of hydrogen-bond donors (Lipinski definition) is 1. The Balaban J connectivity index is 0.00000240. The van der Waals surface area contributed by atoms with Crippen molar-refractivity contribution >= 4 is 40.7 Å². The Hall–Kier alpha value is -2.80. The van der Waals surface area contributed by atoms with Gasteiger partial charge in [0, 0.05) is 44.0 Å². The van der Waals surface area contributed by atoms with Gasteiger partial charge in [-0.05, 0) is 37.5 Å². The molecule has 0 atom stereocenters. The Bertz CT molecular complexity index is 1030. The number of nitrogens with one attached hydrogen (secondary N) is 1. The van der Waals surface area contributed by atoms with Gasteiger partial charge in [0.2, 0.25) is 0 Å². The zero-order valence-electron chi connectivity index (χ0n) is 16.4. The van der Waals surface area contributed by atoms with Gasteiger partial charge in [-0.1, -0.05) is 0 Å². The van der Waals surface area contributed by atoms with Crippen molar-refractivity contribution in [1.82, 2.24) is 14.5 Å². The van der Waals surface area contributed by atoms with Gasteiger partial charge in [-0.25, -0.2) is 4.39 Å². The Morgan fingerprint density at radius 2 is 1.93 bits per heavy atom. The molecule has 0 radical (unpaired) electrons. The van der Waals surface area contributed by atoms with Crippen LogP contribution in [-0.2, 0) is 7.05 Å². The summed E-state index contributed by atoms with van der Waals surface area (Å²) in [6.45, 7) is 1.57. The number of rotatable bonds is 4. The lowest BCUT2D eigenvalue weighted by Crippen LogP contribution is -2.35. The predicted octanol–water partition coefficient (Wildman–Crippen LogP) is 4.51. The number of carbonyl (C=O) groups excluding carboxylic acids is 1. The number of hydrogen-bond acceptors (Lipinski definition) is 4. The fourth-order valence-corrected chi connectivity index (χ4v) is 3.77. The quantitative estimate of drug-likeness (QED) is 0.677. The SMILES string of the molecule is COc1ccc(F)cc1Nc1cc2cncc(C(=O)N3CCCCC3)c2n1C.Cl. The fourth-order valence-electron chi connectivity index (χ4n) is 3.77. The summed E-state index contributed by atoms with van der Waals surface area (Å²) in [7, 11) is 3.42. The van der Waals surface area contributed by atoms with Gasteiger partial charge >= 0.3 is 0 Å². The highest BCUT2D eigenvalue weighted by atomic mass is 35.5. The van der Waals surface area contributed by atoms with Gasteiger partial charge < -0.3 is 19.5 Å². The number of anilines is 2. The highest BCUT2D eigenvalue weighted by molar-refractivity contribution is 6.06. The number of benzene rings is 1. The summed E-state index contributed by atoms with van der Waals surface area (Å²) in [6.07, 6.45) is 6.60. The van der Waals surface area contributed by atoms with Gasteiger partial charge in [-0.2, -0.15) is 0 Å². The van der Waals surface area contributed by atoms with E-state index in [4.69, 9.17) is 4.74 Å². The third-order valence-corrected chi connectivity index (χ3v) is 5.23. The number of likely N-dealkylation sites (tertiary alicyclic amines) is 1. The van der Waals surface area contributed by atoms with E-state index in [1.54, 1.807) is 25.6 Å². The average Bonchev–Trinajstić information content (AvgIpc) is 3.04. The second-order valence-corrected chi connectivity index (χ2v) is 7.04. The number of piperidine rings is 1. The number of aromatic nitrogens is 2. The van der Waals surface area contributed by atoms with Gasteiger partial charge in [0.1, 0.15) is 17.4 Å². The fraction of sp³-hybridized carbons (Fsp3) is 0.333. The smallest absolute Gasteiger partial charge is 0.257 e. The molecule has 4 rings (SSSR count). The second kappa shape index (κ2) is 8.69. The van der Waals surface area contributed by atoms with E-state index >= 15 is 0 Å². The molecule has 8 heteroatoms. The highest BCUT2D eigenvalue weighted by Gasteiger charge is 2.22. The van der Waals surface area contributed by atoms with E-state index in [0.717, 1.165) is 42.7 Å². The van der Waals surface area contributed by atoms with E-state index in [-0.39, 0.29) is 24.1 Å². The van der Waals surface area contributed by atoms with Gasteiger partial charge in [0.15, 0.2) is 0 Å². The number of pyridine rings is 1. The van der Waals surface area contributed by atoms with Crippen LogP contribution >= 0.6 is 12.4 Å². The summed E-state index contributed by atoms with van der Waals surface area (Å²) in [4.78, 5) is 19.2. The summed E-state index contributed by atoms with van der Waals surface area (Å²) in [5, 5.41) is 4.06. The Labute approximate surface area is 175 Å². The first-order valence-electron chi connectivity index (χ1n) is 9.42. The molecule has 1 aliphatic rings. The molecule has 3 heterocycles. The summed E-state index contributed by atoms with van der Waals surface area (Å²) in [5.41, 5.74) is 1.91. The van der Waals surface area contributed by atoms with E-state index in [1.807, 2.05) is 22.6 Å². The minimum atomic E-state index is -0.357. The first kappa shape index (κ1) is 20.9. The van der Waals surface area contributed by atoms with Crippen molar-refractivity contribution in [3.05, 3.63) is 48.0 Å². The summed E-state index contributed by atoms with van der Waals surface area (Å²) in [6, 6.07) is 6.21. The zero-order valence-corrected chi connectivity index (χ0v) is 17.3. The van der Waals surface area contributed by atoms with Crippen molar-refractivity contribution in [2.24, 2.45) is 7.05 Å². The molecule has 0 aliphatic carbocycles. The van der Waals surface area contributed by atoms with Crippen LogP contribution in [0.1, 0.15) is 29.6 Å². The van der Waals surface area contributed by atoms with Crippen LogP contribution < -0.4 is 10.1 Å². The lowest BCUT2D eigenvalue weighted by Gasteiger charge is -2.27. The van der Waals surface area contributed by atoms with E-state index in [9.17, 15) is 9.18 Å². The molecule has 1 amide bonds. The van der Waals surface area contributed by atoms with Crippen LogP contribution in [-0.4, -0.2) is 40.6 Å². The minimum Gasteiger partial charge on any atom is -0.495 e. The van der Waals surface area contributed by atoms with Gasteiger partial charge in [-0.15, -0.1) is 12.4 Å². The van der Waals surface area contributed by atoms with Crippen LogP contribution in [0.25, 0.3) is 10.9 Å². The van der Waals surface area contributed by atoms with Gasteiger partial charge in [0.25, 0.3) is 5.91 Å². The van der Waals surface area contributed by atoms with Crippen LogP contribution in [0.3, 0.4) is 0 Å². The molecule has 6 nitrogen and oxygen atoms in total. The zero-order chi connectivity index (χ0) is 19.7. The first-order chi connectivity index (χ1) is 13.6. The summed E-state index contributed by atoms with van der Waals surface area (Å²) < 4.78 is 20.9. The third kappa shape index (κ3) is 4.00. The molecule has 1 N–H and O–H groups in total. The molecule has 154 valence electrons. The molecule has 0 bridgehead atoms.